The van der Waals surface area contributed by atoms with Gasteiger partial charge in [-0.25, -0.2) is 4.98 Å². The van der Waals surface area contributed by atoms with E-state index in [2.05, 4.69) is 70.0 Å². The van der Waals surface area contributed by atoms with Gasteiger partial charge in [0.2, 0.25) is 5.95 Å². The molecule has 2 aromatic carbocycles. The van der Waals surface area contributed by atoms with Gasteiger partial charge in [-0.05, 0) is 64.3 Å². The molecule has 0 unspecified atom stereocenters. The predicted molar refractivity (Wildman–Crippen MR) is 123 cm³/mol. The summed E-state index contributed by atoms with van der Waals surface area (Å²) in [5, 5.41) is 9.95. The number of halogens is 1. The van der Waals surface area contributed by atoms with E-state index in [1.54, 1.807) is 25.7 Å². The summed E-state index contributed by atoms with van der Waals surface area (Å²) in [4.78, 5) is 17.6. The number of hydrogen-bond donors (Lipinski definition) is 3. The fraction of sp³-hybridized carbons (Fsp3) is 0.182. The number of methoxy groups -OCH3 is 1. The van der Waals surface area contributed by atoms with Crippen molar-refractivity contribution in [1.82, 2.24) is 25.3 Å². The first-order valence-corrected chi connectivity index (χ1v) is 10.6. The molecule has 0 bridgehead atoms. The van der Waals surface area contributed by atoms with Crippen LogP contribution in [-0.2, 0) is 13.0 Å². The summed E-state index contributed by atoms with van der Waals surface area (Å²) in [6.07, 6.45) is 5.99. The minimum absolute atomic E-state index is 0.452. The number of anilines is 4. The van der Waals surface area contributed by atoms with E-state index in [0.29, 0.717) is 17.3 Å². The maximum Gasteiger partial charge on any atom is 0.229 e. The second kappa shape index (κ2) is 8.44. The third-order valence-electron chi connectivity index (χ3n) is 5.04. The normalized spacial score (nSPS) is 13.0. The van der Waals surface area contributed by atoms with Crippen molar-refractivity contribution in [3.8, 4) is 5.75 Å². The molecule has 2 aromatic heterocycles. The summed E-state index contributed by atoms with van der Waals surface area (Å²) in [6.45, 7) is 1.81. The van der Waals surface area contributed by atoms with E-state index in [1.807, 2.05) is 12.1 Å². The lowest BCUT2D eigenvalue weighted by Gasteiger charge is -2.20. The van der Waals surface area contributed by atoms with Crippen molar-refractivity contribution in [2.45, 2.75) is 13.0 Å². The third-order valence-corrected chi connectivity index (χ3v) is 5.62. The summed E-state index contributed by atoms with van der Waals surface area (Å²) in [6, 6.07) is 11.2. The van der Waals surface area contributed by atoms with E-state index in [4.69, 9.17) is 4.74 Å². The van der Waals surface area contributed by atoms with Gasteiger partial charge in [-0.1, -0.05) is 0 Å². The van der Waals surface area contributed by atoms with Crippen LogP contribution in [0.15, 0.2) is 47.3 Å². The first-order valence-electron chi connectivity index (χ1n) is 9.80. The van der Waals surface area contributed by atoms with Gasteiger partial charge in [0.05, 0.1) is 34.0 Å². The standard InChI is InChI=1S/C22H19BrN7O/c1-31-20-9-13-4-5-24-11-14(13)8-19(20)29-22-27-12-16(23)21(30-22)28-15-2-3-17-18(10-15)26-7-6-25-17/h2-3,6-9,12,24H,4-5,11H2,1H3,(H2,27,28,29,30). The number of nitrogens with one attached hydrogen (secondary N) is 3. The SMILES string of the molecule is COc1cc2c(cc1Nc1ncc(Br)c(Nc3[c]c4nccnc4cc3)n1)CNCC2. The number of aromatic nitrogens is 4. The third kappa shape index (κ3) is 4.14. The van der Waals surface area contributed by atoms with Gasteiger partial charge in [0.25, 0.3) is 0 Å². The van der Waals surface area contributed by atoms with E-state index in [9.17, 15) is 0 Å². The number of ether oxygens (including phenoxy) is 1. The van der Waals surface area contributed by atoms with E-state index in [0.717, 1.165) is 46.6 Å². The van der Waals surface area contributed by atoms with Crippen molar-refractivity contribution < 1.29 is 4.74 Å². The van der Waals surface area contributed by atoms with E-state index < -0.39 is 0 Å². The highest BCUT2D eigenvalue weighted by molar-refractivity contribution is 9.10. The Balaban J connectivity index is 1.43. The Morgan fingerprint density at radius 3 is 2.90 bits per heavy atom. The maximum absolute atomic E-state index is 5.59. The zero-order valence-corrected chi connectivity index (χ0v) is 18.3. The lowest BCUT2D eigenvalue weighted by Crippen LogP contribution is -2.23. The van der Waals surface area contributed by atoms with Gasteiger partial charge in [-0.15, -0.1) is 0 Å². The van der Waals surface area contributed by atoms with Gasteiger partial charge >= 0.3 is 0 Å². The number of fused-ring (bicyclic) bond motifs is 2. The zero-order chi connectivity index (χ0) is 21.2. The van der Waals surface area contributed by atoms with Crippen LogP contribution in [0, 0.1) is 6.07 Å². The average Bonchev–Trinajstić information content (AvgIpc) is 2.80. The lowest BCUT2D eigenvalue weighted by atomic mass is 10.00. The summed E-state index contributed by atoms with van der Waals surface area (Å²) < 4.78 is 6.32. The highest BCUT2D eigenvalue weighted by Crippen LogP contribution is 2.33. The molecule has 0 saturated carbocycles. The minimum atomic E-state index is 0.452. The Labute approximate surface area is 187 Å². The van der Waals surface area contributed by atoms with Crippen molar-refractivity contribution in [1.29, 1.82) is 0 Å². The van der Waals surface area contributed by atoms with Crippen LogP contribution in [0.1, 0.15) is 11.1 Å². The molecule has 3 heterocycles. The number of hydrogen-bond acceptors (Lipinski definition) is 8. The van der Waals surface area contributed by atoms with Gasteiger partial charge in [0.15, 0.2) is 0 Å². The molecule has 1 aliphatic rings. The van der Waals surface area contributed by atoms with Gasteiger partial charge in [-0.2, -0.15) is 4.98 Å². The van der Waals surface area contributed by atoms with Crippen molar-refractivity contribution in [3.05, 3.63) is 64.5 Å². The topological polar surface area (TPSA) is 96.9 Å². The van der Waals surface area contributed by atoms with Crippen LogP contribution in [0.2, 0.25) is 0 Å². The van der Waals surface area contributed by atoms with Crippen molar-refractivity contribution >= 4 is 50.1 Å². The second-order valence-electron chi connectivity index (χ2n) is 7.05. The molecule has 0 atom stereocenters. The van der Waals surface area contributed by atoms with Crippen LogP contribution in [0.3, 0.4) is 0 Å². The first kappa shape index (κ1) is 19.7. The van der Waals surface area contributed by atoms with Gasteiger partial charge in [-0.3, -0.25) is 9.97 Å². The Morgan fingerprint density at radius 2 is 2.00 bits per heavy atom. The molecular formula is C22H19BrN7O. The molecule has 31 heavy (non-hydrogen) atoms. The van der Waals surface area contributed by atoms with Crippen LogP contribution in [0.5, 0.6) is 5.75 Å². The molecule has 0 aliphatic carbocycles. The largest absolute Gasteiger partial charge is 0.495 e. The average molecular weight is 477 g/mol. The lowest BCUT2D eigenvalue weighted by molar-refractivity contribution is 0.415. The Kier molecular flexibility index (Phi) is 5.35. The van der Waals surface area contributed by atoms with Crippen molar-refractivity contribution in [3.63, 3.8) is 0 Å². The van der Waals surface area contributed by atoms with E-state index >= 15 is 0 Å². The van der Waals surface area contributed by atoms with Crippen molar-refractivity contribution in [2.24, 2.45) is 0 Å². The molecule has 8 nitrogen and oxygen atoms in total. The molecular weight excluding hydrogens is 458 g/mol. The Morgan fingerprint density at radius 1 is 1.10 bits per heavy atom. The quantitative estimate of drug-likeness (QED) is 0.395. The van der Waals surface area contributed by atoms with Gasteiger partial charge in [0.1, 0.15) is 11.6 Å². The number of benzene rings is 2. The van der Waals surface area contributed by atoms with Crippen LogP contribution in [0.4, 0.5) is 23.1 Å². The van der Waals surface area contributed by atoms with Crippen LogP contribution >= 0.6 is 15.9 Å². The molecule has 5 rings (SSSR count). The molecule has 3 N–H and O–H groups in total. The molecule has 4 aromatic rings. The Hall–Kier alpha value is -3.30. The second-order valence-corrected chi connectivity index (χ2v) is 7.90. The minimum Gasteiger partial charge on any atom is -0.495 e. The fourth-order valence-corrected chi connectivity index (χ4v) is 3.80. The van der Waals surface area contributed by atoms with Gasteiger partial charge in [0, 0.05) is 31.2 Å². The maximum atomic E-state index is 5.59. The molecule has 0 spiro atoms. The monoisotopic (exact) mass is 476 g/mol. The smallest absolute Gasteiger partial charge is 0.229 e. The van der Waals surface area contributed by atoms with E-state index in [-0.39, 0.29) is 0 Å². The highest BCUT2D eigenvalue weighted by atomic mass is 79.9. The summed E-state index contributed by atoms with van der Waals surface area (Å²) in [5.74, 6) is 1.83. The molecule has 0 fully saturated rings. The van der Waals surface area contributed by atoms with Crippen molar-refractivity contribution in [2.75, 3.05) is 24.3 Å². The Bertz CT molecular complexity index is 1260. The molecule has 155 valence electrons. The summed E-state index contributed by atoms with van der Waals surface area (Å²) in [7, 11) is 1.67. The van der Waals surface area contributed by atoms with Gasteiger partial charge < -0.3 is 20.7 Å². The fourth-order valence-electron chi connectivity index (χ4n) is 3.51. The van der Waals surface area contributed by atoms with E-state index in [1.165, 1.54) is 11.1 Å². The number of nitrogens with zero attached hydrogens (tertiary/aromatic N) is 4. The number of rotatable bonds is 5. The summed E-state index contributed by atoms with van der Waals surface area (Å²) >= 11 is 3.51. The predicted octanol–water partition coefficient (Wildman–Crippen LogP) is 4.12. The molecule has 9 heteroatoms. The molecule has 0 amide bonds. The zero-order valence-electron chi connectivity index (χ0n) is 16.7. The van der Waals surface area contributed by atoms with Crippen LogP contribution in [-0.4, -0.2) is 33.6 Å². The first-order chi connectivity index (χ1) is 15.2. The molecule has 0 saturated heterocycles. The molecule has 1 radical (unpaired) electrons. The van der Waals surface area contributed by atoms with Crippen LogP contribution < -0.4 is 20.7 Å². The molecule has 1 aliphatic heterocycles. The van der Waals surface area contributed by atoms with Crippen LogP contribution in [0.25, 0.3) is 11.0 Å². The highest BCUT2D eigenvalue weighted by Gasteiger charge is 2.15. The summed E-state index contributed by atoms with van der Waals surface area (Å²) in [5.41, 5.74) is 5.57.